The standard InChI is InChI=1S/C21H18N6O3S2.H2/c22-19-18(21-26-25-20(30-21)15-4-2-1-3-5-15)24-17(12-23-19)14-6-9-27(10-7-14)32(28,29)16-8-11-31-13-16;/h1-6,8,11-13H,7,9-10H2,(H2,22,23);1H. The van der Waals surface area contributed by atoms with Crippen LogP contribution < -0.4 is 5.73 Å². The van der Waals surface area contributed by atoms with Gasteiger partial charge in [-0.3, -0.25) is 0 Å². The lowest BCUT2D eigenvalue weighted by Crippen LogP contribution is -2.34. The van der Waals surface area contributed by atoms with Crippen LogP contribution in [0.15, 0.2) is 68.7 Å². The van der Waals surface area contributed by atoms with Crippen molar-refractivity contribution in [3.8, 4) is 23.0 Å². The molecule has 0 aliphatic carbocycles. The second kappa shape index (κ2) is 8.26. The molecule has 164 valence electrons. The van der Waals surface area contributed by atoms with Gasteiger partial charge in [-0.05, 0) is 35.6 Å². The van der Waals surface area contributed by atoms with Crippen LogP contribution in [0.3, 0.4) is 0 Å². The van der Waals surface area contributed by atoms with Crippen molar-refractivity contribution < 1.29 is 14.3 Å². The number of rotatable bonds is 5. The summed E-state index contributed by atoms with van der Waals surface area (Å²) in [7, 11) is -3.50. The molecule has 0 atom stereocenters. The Morgan fingerprint density at radius 3 is 2.66 bits per heavy atom. The van der Waals surface area contributed by atoms with Gasteiger partial charge >= 0.3 is 0 Å². The van der Waals surface area contributed by atoms with E-state index in [1.54, 1.807) is 23.0 Å². The summed E-state index contributed by atoms with van der Waals surface area (Å²) in [6.45, 7) is 0.609. The summed E-state index contributed by atoms with van der Waals surface area (Å²) in [5, 5.41) is 11.6. The zero-order valence-corrected chi connectivity index (χ0v) is 18.4. The van der Waals surface area contributed by atoms with Crippen LogP contribution >= 0.6 is 11.3 Å². The van der Waals surface area contributed by atoms with E-state index in [4.69, 9.17) is 10.2 Å². The molecule has 1 aliphatic rings. The highest BCUT2D eigenvalue weighted by Gasteiger charge is 2.27. The monoisotopic (exact) mass is 468 g/mol. The van der Waals surface area contributed by atoms with Gasteiger partial charge in [0.2, 0.25) is 15.9 Å². The van der Waals surface area contributed by atoms with Gasteiger partial charge < -0.3 is 10.2 Å². The Morgan fingerprint density at radius 1 is 1.12 bits per heavy atom. The van der Waals surface area contributed by atoms with Crippen molar-refractivity contribution in [2.45, 2.75) is 11.3 Å². The van der Waals surface area contributed by atoms with Gasteiger partial charge in [-0.25, -0.2) is 18.4 Å². The molecule has 0 bridgehead atoms. The van der Waals surface area contributed by atoms with Crippen LogP contribution in [0.1, 0.15) is 13.5 Å². The predicted octanol–water partition coefficient (Wildman–Crippen LogP) is 3.56. The van der Waals surface area contributed by atoms with E-state index in [-0.39, 0.29) is 19.7 Å². The van der Waals surface area contributed by atoms with Crippen molar-refractivity contribution in [2.75, 3.05) is 18.8 Å². The van der Waals surface area contributed by atoms with E-state index in [1.165, 1.54) is 15.6 Å². The number of hydrogen-bond acceptors (Lipinski definition) is 9. The summed E-state index contributed by atoms with van der Waals surface area (Å²) in [4.78, 5) is 9.15. The summed E-state index contributed by atoms with van der Waals surface area (Å²) >= 11 is 1.36. The minimum atomic E-state index is -3.50. The molecular formula is C21H20N6O3S2. The van der Waals surface area contributed by atoms with Crippen LogP contribution in [0.4, 0.5) is 5.82 Å². The smallest absolute Gasteiger partial charge is 0.270 e. The summed E-state index contributed by atoms with van der Waals surface area (Å²) in [6, 6.07) is 11.0. The van der Waals surface area contributed by atoms with Crippen LogP contribution in [-0.4, -0.2) is 46.0 Å². The van der Waals surface area contributed by atoms with Crippen LogP contribution in [0.2, 0.25) is 0 Å². The summed E-state index contributed by atoms with van der Waals surface area (Å²) in [5.41, 5.74) is 8.60. The predicted molar refractivity (Wildman–Crippen MR) is 123 cm³/mol. The van der Waals surface area contributed by atoms with Gasteiger partial charge in [-0.15, -0.1) is 10.2 Å². The van der Waals surface area contributed by atoms with Crippen molar-refractivity contribution in [1.29, 1.82) is 0 Å². The van der Waals surface area contributed by atoms with E-state index in [0.717, 1.165) is 11.1 Å². The van der Waals surface area contributed by atoms with Crippen LogP contribution in [-0.2, 0) is 10.0 Å². The minimum absolute atomic E-state index is 0. The second-order valence-electron chi connectivity index (χ2n) is 7.07. The molecule has 0 spiro atoms. The van der Waals surface area contributed by atoms with E-state index in [0.29, 0.717) is 35.1 Å². The third-order valence-corrected chi connectivity index (χ3v) is 7.78. The molecule has 0 unspecified atom stereocenters. The molecule has 4 heterocycles. The summed E-state index contributed by atoms with van der Waals surface area (Å²) in [5.74, 6) is 0.710. The van der Waals surface area contributed by atoms with E-state index in [1.807, 2.05) is 36.4 Å². The number of nitrogens with zero attached hydrogens (tertiary/aromatic N) is 5. The number of benzene rings is 1. The molecule has 0 fully saturated rings. The molecule has 3 aromatic heterocycles. The zero-order chi connectivity index (χ0) is 22.1. The average Bonchev–Trinajstić information content (AvgIpc) is 3.53. The summed E-state index contributed by atoms with van der Waals surface area (Å²) < 4.78 is 32.7. The maximum Gasteiger partial charge on any atom is 0.270 e. The second-order valence-corrected chi connectivity index (χ2v) is 9.79. The largest absolute Gasteiger partial charge is 0.414 e. The average molecular weight is 469 g/mol. The molecule has 0 radical (unpaired) electrons. The number of anilines is 1. The van der Waals surface area contributed by atoms with Crippen molar-refractivity contribution in [3.63, 3.8) is 0 Å². The first-order valence-electron chi connectivity index (χ1n) is 9.76. The highest BCUT2D eigenvalue weighted by molar-refractivity contribution is 7.89. The van der Waals surface area contributed by atoms with E-state index in [9.17, 15) is 8.42 Å². The maximum atomic E-state index is 12.7. The van der Waals surface area contributed by atoms with E-state index < -0.39 is 10.0 Å². The van der Waals surface area contributed by atoms with Gasteiger partial charge in [0.25, 0.3) is 5.89 Å². The lowest BCUT2D eigenvalue weighted by Gasteiger charge is -2.25. The lowest BCUT2D eigenvalue weighted by molar-refractivity contribution is 0.441. The molecule has 9 nitrogen and oxygen atoms in total. The maximum absolute atomic E-state index is 12.7. The molecule has 0 saturated carbocycles. The van der Waals surface area contributed by atoms with Crippen molar-refractivity contribution in [2.24, 2.45) is 0 Å². The van der Waals surface area contributed by atoms with Crippen LogP contribution in [0, 0.1) is 0 Å². The highest BCUT2D eigenvalue weighted by Crippen LogP contribution is 2.29. The molecule has 0 saturated heterocycles. The van der Waals surface area contributed by atoms with Gasteiger partial charge in [0.05, 0.1) is 16.8 Å². The topological polar surface area (TPSA) is 128 Å². The Balaban J connectivity index is 0.00000259. The van der Waals surface area contributed by atoms with Gasteiger partial charge in [-0.2, -0.15) is 15.6 Å². The fraction of sp³-hybridized carbons (Fsp3) is 0.143. The van der Waals surface area contributed by atoms with Crippen LogP contribution in [0.5, 0.6) is 0 Å². The first-order chi connectivity index (χ1) is 15.5. The Hall–Kier alpha value is -3.41. The number of aromatic nitrogens is 4. The minimum Gasteiger partial charge on any atom is -0.414 e. The number of nitrogen functional groups attached to an aromatic ring is 1. The zero-order valence-electron chi connectivity index (χ0n) is 16.7. The molecule has 5 rings (SSSR count). The van der Waals surface area contributed by atoms with Gasteiger partial charge in [-0.1, -0.05) is 24.3 Å². The number of sulfonamides is 1. The first kappa shape index (κ1) is 20.5. The quantitative estimate of drug-likeness (QED) is 0.471. The van der Waals surface area contributed by atoms with Gasteiger partial charge in [0.1, 0.15) is 0 Å². The molecule has 32 heavy (non-hydrogen) atoms. The van der Waals surface area contributed by atoms with Gasteiger partial charge in [0, 0.05) is 25.5 Å². The van der Waals surface area contributed by atoms with Crippen molar-refractivity contribution in [1.82, 2.24) is 24.5 Å². The fourth-order valence-electron chi connectivity index (χ4n) is 3.38. The fourth-order valence-corrected chi connectivity index (χ4v) is 5.77. The summed E-state index contributed by atoms with van der Waals surface area (Å²) in [6.07, 6.45) is 3.92. The van der Waals surface area contributed by atoms with Crippen molar-refractivity contribution in [3.05, 3.63) is 65.1 Å². The lowest BCUT2D eigenvalue weighted by atomic mass is 10.1. The molecule has 2 N–H and O–H groups in total. The SMILES string of the molecule is Nc1ncc(C2=CCN(S(=O)(=O)c3ccsc3)CC2)nc1-c1nnc(-c2ccccc2)o1.[HH]. The number of thiophene rings is 1. The van der Waals surface area contributed by atoms with E-state index >= 15 is 0 Å². The number of hydrogen-bond donors (Lipinski definition) is 1. The molecule has 4 aromatic rings. The Labute approximate surface area is 189 Å². The van der Waals surface area contributed by atoms with Gasteiger partial charge in [0.15, 0.2) is 11.5 Å². The molecule has 1 aliphatic heterocycles. The number of nitrogens with two attached hydrogens (primary N) is 1. The first-order valence-corrected chi connectivity index (χ1v) is 12.1. The third kappa shape index (κ3) is 3.81. The molecule has 0 amide bonds. The van der Waals surface area contributed by atoms with Crippen LogP contribution in [0.25, 0.3) is 28.6 Å². The molecular weight excluding hydrogens is 448 g/mol. The Bertz CT molecular complexity index is 1390. The Kier molecular flexibility index (Phi) is 5.29. The highest BCUT2D eigenvalue weighted by atomic mass is 32.2. The normalized spacial score (nSPS) is 14.9. The van der Waals surface area contributed by atoms with E-state index in [2.05, 4.69) is 20.2 Å². The third-order valence-electron chi connectivity index (χ3n) is 5.08. The molecule has 11 heteroatoms. The van der Waals surface area contributed by atoms with Crippen molar-refractivity contribution >= 4 is 32.8 Å². The molecule has 1 aromatic carbocycles. The Morgan fingerprint density at radius 2 is 1.94 bits per heavy atom.